The quantitative estimate of drug-likeness (QED) is 0.739. The second kappa shape index (κ2) is 6.60. The zero-order valence-corrected chi connectivity index (χ0v) is 12.4. The lowest BCUT2D eigenvalue weighted by Gasteiger charge is -2.29. The summed E-state index contributed by atoms with van der Waals surface area (Å²) in [5.74, 6) is 2.84. The molecule has 0 spiro atoms. The molecule has 0 aromatic carbocycles. The van der Waals surface area contributed by atoms with E-state index < -0.39 is 0 Å². The fourth-order valence-electron chi connectivity index (χ4n) is 2.52. The first-order valence-electron chi connectivity index (χ1n) is 7.22. The van der Waals surface area contributed by atoms with Gasteiger partial charge in [0.25, 0.3) is 0 Å². The van der Waals surface area contributed by atoms with E-state index in [1.165, 1.54) is 11.3 Å². The summed E-state index contributed by atoms with van der Waals surface area (Å²) in [5.41, 5.74) is 1.16. The molecule has 3 rings (SSSR count). The highest BCUT2D eigenvalue weighted by molar-refractivity contribution is 7.99. The van der Waals surface area contributed by atoms with Gasteiger partial charge in [-0.05, 0) is 18.6 Å². The summed E-state index contributed by atoms with van der Waals surface area (Å²) in [7, 11) is 0. The number of aryl methyl sites for hydroxylation is 1. The number of nitrogens with zero attached hydrogens (tertiary/aromatic N) is 3. The number of fused-ring (bicyclic) bond motifs is 1. The van der Waals surface area contributed by atoms with Crippen LogP contribution in [0.1, 0.15) is 12.1 Å². The molecular weight excluding hydrogens is 274 g/mol. The van der Waals surface area contributed by atoms with Crippen molar-refractivity contribution in [3.63, 3.8) is 0 Å². The van der Waals surface area contributed by atoms with E-state index in [4.69, 9.17) is 15.1 Å². The van der Waals surface area contributed by atoms with Crippen LogP contribution in [0.4, 0.5) is 11.8 Å². The highest BCUT2D eigenvalue weighted by atomic mass is 32.2. The van der Waals surface area contributed by atoms with Gasteiger partial charge in [0, 0.05) is 32.7 Å². The van der Waals surface area contributed by atoms with Crippen LogP contribution in [0.5, 0.6) is 0 Å². The van der Waals surface area contributed by atoms with Gasteiger partial charge in [0.2, 0.25) is 5.95 Å². The van der Waals surface area contributed by atoms with Gasteiger partial charge < -0.3 is 20.6 Å². The van der Waals surface area contributed by atoms with Crippen LogP contribution in [0.2, 0.25) is 0 Å². The largest absolute Gasteiger partial charge is 0.395 e. The number of aliphatic hydroxyl groups excluding tert-OH is 1. The lowest BCUT2D eigenvalue weighted by molar-refractivity contribution is 0.311. The van der Waals surface area contributed by atoms with Gasteiger partial charge in [0.05, 0.1) is 17.2 Å². The van der Waals surface area contributed by atoms with Crippen molar-refractivity contribution in [3.05, 3.63) is 5.69 Å². The van der Waals surface area contributed by atoms with Gasteiger partial charge in [-0.15, -0.1) is 11.8 Å². The average Bonchev–Trinajstić information content (AvgIpc) is 2.53. The van der Waals surface area contributed by atoms with Crippen LogP contribution in [-0.4, -0.2) is 60.2 Å². The van der Waals surface area contributed by atoms with Gasteiger partial charge >= 0.3 is 0 Å². The van der Waals surface area contributed by atoms with E-state index in [0.717, 1.165) is 55.8 Å². The van der Waals surface area contributed by atoms with Crippen molar-refractivity contribution in [1.29, 1.82) is 0 Å². The number of hydrogen-bond acceptors (Lipinski definition) is 7. The molecule has 20 heavy (non-hydrogen) atoms. The SMILES string of the molecule is OCCNc1nc(N2CCNCC2)nc2c1SCCC2. The number of anilines is 2. The maximum atomic E-state index is 9.02. The Morgan fingerprint density at radius 1 is 1.30 bits per heavy atom. The minimum absolute atomic E-state index is 0.117. The fraction of sp³-hybridized carbons (Fsp3) is 0.692. The molecule has 3 N–H and O–H groups in total. The minimum atomic E-state index is 0.117. The summed E-state index contributed by atoms with van der Waals surface area (Å²) >= 11 is 1.82. The summed E-state index contributed by atoms with van der Waals surface area (Å²) in [5, 5.41) is 15.6. The molecule has 110 valence electrons. The number of hydrogen-bond donors (Lipinski definition) is 3. The molecule has 0 bridgehead atoms. The van der Waals surface area contributed by atoms with Crippen molar-refractivity contribution in [2.24, 2.45) is 0 Å². The van der Waals surface area contributed by atoms with Crippen LogP contribution in [0.25, 0.3) is 0 Å². The molecule has 1 fully saturated rings. The Balaban J connectivity index is 1.89. The Morgan fingerprint density at radius 2 is 2.15 bits per heavy atom. The standard InChI is InChI=1S/C13H21N5OS/c19-8-5-15-12-11-10(2-1-9-20-11)16-13(17-12)18-6-3-14-4-7-18/h14,19H,1-9H2,(H,15,16,17). The summed E-state index contributed by atoms with van der Waals surface area (Å²) in [6.45, 7) is 4.51. The van der Waals surface area contributed by atoms with E-state index in [9.17, 15) is 0 Å². The average molecular weight is 295 g/mol. The van der Waals surface area contributed by atoms with Crippen molar-refractivity contribution < 1.29 is 5.11 Å². The zero-order valence-electron chi connectivity index (χ0n) is 11.6. The summed E-state index contributed by atoms with van der Waals surface area (Å²) in [4.78, 5) is 12.9. The molecule has 6 nitrogen and oxygen atoms in total. The second-order valence-electron chi connectivity index (χ2n) is 4.99. The predicted molar refractivity (Wildman–Crippen MR) is 81.7 cm³/mol. The van der Waals surface area contributed by atoms with Crippen molar-refractivity contribution >= 4 is 23.5 Å². The number of aliphatic hydroxyl groups is 1. The van der Waals surface area contributed by atoms with Gasteiger partial charge in [0.1, 0.15) is 5.82 Å². The van der Waals surface area contributed by atoms with E-state index in [-0.39, 0.29) is 6.61 Å². The van der Waals surface area contributed by atoms with Crippen molar-refractivity contribution in [2.75, 3.05) is 55.3 Å². The van der Waals surface area contributed by atoms with Crippen LogP contribution in [-0.2, 0) is 6.42 Å². The van der Waals surface area contributed by atoms with Crippen LogP contribution in [0, 0.1) is 0 Å². The molecular formula is C13H21N5OS. The number of aromatic nitrogens is 2. The topological polar surface area (TPSA) is 73.3 Å². The maximum Gasteiger partial charge on any atom is 0.227 e. The van der Waals surface area contributed by atoms with Gasteiger partial charge in [-0.3, -0.25) is 0 Å². The molecule has 2 aliphatic rings. The van der Waals surface area contributed by atoms with Crippen LogP contribution >= 0.6 is 11.8 Å². The Hall–Kier alpha value is -1.05. The first-order chi connectivity index (χ1) is 9.88. The van der Waals surface area contributed by atoms with Gasteiger partial charge in [-0.1, -0.05) is 0 Å². The van der Waals surface area contributed by atoms with Gasteiger partial charge in [-0.25, -0.2) is 4.98 Å². The van der Waals surface area contributed by atoms with Crippen molar-refractivity contribution in [2.45, 2.75) is 17.7 Å². The molecule has 0 saturated carbocycles. The Kier molecular flexibility index (Phi) is 4.59. The van der Waals surface area contributed by atoms with E-state index in [1.54, 1.807) is 0 Å². The fourth-order valence-corrected chi connectivity index (χ4v) is 3.58. The highest BCUT2D eigenvalue weighted by Crippen LogP contribution is 2.35. The lowest BCUT2D eigenvalue weighted by atomic mass is 10.2. The molecule has 2 aliphatic heterocycles. The molecule has 0 amide bonds. The van der Waals surface area contributed by atoms with E-state index in [0.29, 0.717) is 6.54 Å². The highest BCUT2D eigenvalue weighted by Gasteiger charge is 2.21. The normalized spacial score (nSPS) is 18.8. The van der Waals surface area contributed by atoms with Gasteiger partial charge in [-0.2, -0.15) is 4.98 Å². The van der Waals surface area contributed by atoms with E-state index >= 15 is 0 Å². The second-order valence-corrected chi connectivity index (χ2v) is 6.09. The Morgan fingerprint density at radius 3 is 2.95 bits per heavy atom. The van der Waals surface area contributed by atoms with Crippen LogP contribution < -0.4 is 15.5 Å². The molecule has 7 heteroatoms. The first-order valence-corrected chi connectivity index (χ1v) is 8.21. The molecule has 0 atom stereocenters. The maximum absolute atomic E-state index is 9.02. The molecule has 0 unspecified atom stereocenters. The third kappa shape index (κ3) is 2.99. The number of piperazine rings is 1. The van der Waals surface area contributed by atoms with E-state index in [2.05, 4.69) is 15.5 Å². The lowest BCUT2D eigenvalue weighted by Crippen LogP contribution is -2.44. The number of rotatable bonds is 4. The zero-order chi connectivity index (χ0) is 13.8. The van der Waals surface area contributed by atoms with Gasteiger partial charge in [0.15, 0.2) is 0 Å². The van der Waals surface area contributed by atoms with Crippen LogP contribution in [0.15, 0.2) is 4.90 Å². The van der Waals surface area contributed by atoms with E-state index in [1.807, 2.05) is 11.8 Å². The summed E-state index contributed by atoms with van der Waals surface area (Å²) in [6, 6.07) is 0. The Labute approximate surface area is 123 Å². The molecule has 1 saturated heterocycles. The number of nitrogens with one attached hydrogen (secondary N) is 2. The molecule has 1 aromatic heterocycles. The summed E-state index contributed by atoms with van der Waals surface area (Å²) < 4.78 is 0. The molecule has 1 aromatic rings. The molecule has 0 radical (unpaired) electrons. The predicted octanol–water partition coefficient (Wildman–Crippen LogP) is 0.329. The van der Waals surface area contributed by atoms with Crippen LogP contribution in [0.3, 0.4) is 0 Å². The first kappa shape index (κ1) is 13.9. The molecule has 3 heterocycles. The van der Waals surface area contributed by atoms with Crippen molar-refractivity contribution in [1.82, 2.24) is 15.3 Å². The molecule has 0 aliphatic carbocycles. The monoisotopic (exact) mass is 295 g/mol. The smallest absolute Gasteiger partial charge is 0.227 e. The minimum Gasteiger partial charge on any atom is -0.395 e. The third-order valence-electron chi connectivity index (χ3n) is 3.53. The Bertz CT molecular complexity index is 464. The number of thioether (sulfide) groups is 1. The van der Waals surface area contributed by atoms with Crippen molar-refractivity contribution in [3.8, 4) is 0 Å². The third-order valence-corrected chi connectivity index (χ3v) is 4.74. The summed E-state index contributed by atoms with van der Waals surface area (Å²) in [6.07, 6.45) is 2.20.